The first-order valence-corrected chi connectivity index (χ1v) is 6.46. The van der Waals surface area contributed by atoms with Crippen molar-refractivity contribution in [2.24, 2.45) is 0 Å². The molecule has 0 saturated heterocycles. The first kappa shape index (κ1) is 13.3. The van der Waals surface area contributed by atoms with Crippen molar-refractivity contribution in [1.82, 2.24) is 24.5 Å². The summed E-state index contributed by atoms with van der Waals surface area (Å²) < 4.78 is 6.42. The SMILES string of the molecule is CCOC(=O)CSc1nc(N)nc(-n2ccnc2)n1. The summed E-state index contributed by atoms with van der Waals surface area (Å²) in [5, 5.41) is 0.365. The van der Waals surface area contributed by atoms with Gasteiger partial charge in [0.2, 0.25) is 11.9 Å². The van der Waals surface area contributed by atoms with E-state index in [-0.39, 0.29) is 17.7 Å². The van der Waals surface area contributed by atoms with E-state index in [0.717, 1.165) is 11.8 Å². The minimum atomic E-state index is -0.323. The summed E-state index contributed by atoms with van der Waals surface area (Å²) in [4.78, 5) is 27.3. The molecule has 0 atom stereocenters. The zero-order valence-corrected chi connectivity index (χ0v) is 11.0. The Morgan fingerprint density at radius 1 is 1.47 bits per heavy atom. The van der Waals surface area contributed by atoms with Gasteiger partial charge in [0.15, 0.2) is 5.16 Å². The van der Waals surface area contributed by atoms with Crippen molar-refractivity contribution in [1.29, 1.82) is 0 Å². The first-order chi connectivity index (χ1) is 9.19. The van der Waals surface area contributed by atoms with Crippen LogP contribution in [0.4, 0.5) is 5.95 Å². The average molecular weight is 280 g/mol. The fourth-order valence-electron chi connectivity index (χ4n) is 1.24. The largest absolute Gasteiger partial charge is 0.465 e. The molecule has 0 unspecified atom stereocenters. The highest BCUT2D eigenvalue weighted by molar-refractivity contribution is 7.99. The summed E-state index contributed by atoms with van der Waals surface area (Å²) in [6.07, 6.45) is 4.84. The second-order valence-electron chi connectivity index (χ2n) is 3.34. The summed E-state index contributed by atoms with van der Waals surface area (Å²) in [5.74, 6) is 0.248. The van der Waals surface area contributed by atoms with E-state index >= 15 is 0 Å². The second kappa shape index (κ2) is 6.14. The summed E-state index contributed by atoms with van der Waals surface area (Å²) in [6.45, 7) is 2.10. The van der Waals surface area contributed by atoms with Crippen molar-refractivity contribution in [3.8, 4) is 5.95 Å². The van der Waals surface area contributed by atoms with Gasteiger partial charge in [0.05, 0.1) is 12.4 Å². The molecule has 0 aromatic carbocycles. The van der Waals surface area contributed by atoms with E-state index in [1.807, 2.05) is 0 Å². The number of imidazole rings is 1. The molecule has 19 heavy (non-hydrogen) atoms. The number of hydrogen-bond acceptors (Lipinski definition) is 8. The Labute approximate surface area is 113 Å². The molecule has 0 radical (unpaired) electrons. The van der Waals surface area contributed by atoms with Crippen molar-refractivity contribution in [2.75, 3.05) is 18.1 Å². The van der Waals surface area contributed by atoms with E-state index < -0.39 is 0 Å². The topological polar surface area (TPSA) is 109 Å². The van der Waals surface area contributed by atoms with Gasteiger partial charge in [0.25, 0.3) is 0 Å². The predicted octanol–water partition coefficient (Wildman–Crippen LogP) is 0.295. The molecular weight excluding hydrogens is 268 g/mol. The molecule has 0 aliphatic carbocycles. The fraction of sp³-hybridized carbons (Fsp3) is 0.300. The lowest BCUT2D eigenvalue weighted by atomic mass is 10.8. The molecule has 8 nitrogen and oxygen atoms in total. The van der Waals surface area contributed by atoms with E-state index in [9.17, 15) is 4.79 Å². The fourth-order valence-corrected chi connectivity index (χ4v) is 1.88. The number of rotatable bonds is 5. The van der Waals surface area contributed by atoms with Gasteiger partial charge in [-0.2, -0.15) is 15.0 Å². The number of hydrogen-bond donors (Lipinski definition) is 1. The molecule has 2 N–H and O–H groups in total. The van der Waals surface area contributed by atoms with Gasteiger partial charge in [-0.3, -0.25) is 9.36 Å². The summed E-state index contributed by atoms with van der Waals surface area (Å²) in [6, 6.07) is 0. The number of esters is 1. The lowest BCUT2D eigenvalue weighted by Gasteiger charge is -2.04. The Morgan fingerprint density at radius 2 is 2.32 bits per heavy atom. The standard InChI is InChI=1S/C10H12N6O2S/c1-2-18-7(17)5-19-10-14-8(11)13-9(15-10)16-4-3-12-6-16/h3-4,6H,2,5H2,1H3,(H2,11,13,14,15). The Hall–Kier alpha value is -2.16. The van der Waals surface area contributed by atoms with Crippen LogP contribution in [0.3, 0.4) is 0 Å². The Morgan fingerprint density at radius 3 is 3.00 bits per heavy atom. The number of ether oxygens (including phenoxy) is 1. The maximum atomic E-state index is 11.3. The lowest BCUT2D eigenvalue weighted by Crippen LogP contribution is -2.09. The number of nitrogens with zero attached hydrogens (tertiary/aromatic N) is 5. The van der Waals surface area contributed by atoms with Crippen LogP contribution in [0.1, 0.15) is 6.92 Å². The molecule has 0 spiro atoms. The number of aromatic nitrogens is 5. The number of carbonyl (C=O) groups is 1. The number of carbonyl (C=O) groups excluding carboxylic acids is 1. The molecule has 2 rings (SSSR count). The molecular formula is C10H12N6O2S. The third-order valence-electron chi connectivity index (χ3n) is 1.98. The van der Waals surface area contributed by atoms with Gasteiger partial charge in [-0.15, -0.1) is 0 Å². The van der Waals surface area contributed by atoms with Crippen molar-refractivity contribution in [2.45, 2.75) is 12.1 Å². The molecule has 2 aromatic heterocycles. The van der Waals surface area contributed by atoms with Gasteiger partial charge in [-0.1, -0.05) is 11.8 Å². The third kappa shape index (κ3) is 3.65. The quantitative estimate of drug-likeness (QED) is 0.615. The lowest BCUT2D eigenvalue weighted by molar-refractivity contribution is -0.139. The highest BCUT2D eigenvalue weighted by Gasteiger charge is 2.09. The van der Waals surface area contributed by atoms with Crippen LogP contribution in [0, 0.1) is 0 Å². The van der Waals surface area contributed by atoms with E-state index in [1.54, 1.807) is 30.2 Å². The molecule has 0 fully saturated rings. The molecule has 0 bridgehead atoms. The van der Waals surface area contributed by atoms with E-state index in [1.165, 1.54) is 0 Å². The van der Waals surface area contributed by atoms with Gasteiger partial charge >= 0.3 is 5.97 Å². The smallest absolute Gasteiger partial charge is 0.316 e. The number of thioether (sulfide) groups is 1. The van der Waals surface area contributed by atoms with E-state index in [0.29, 0.717) is 17.7 Å². The minimum absolute atomic E-state index is 0.0880. The van der Waals surface area contributed by atoms with Crippen LogP contribution in [0.5, 0.6) is 0 Å². The van der Waals surface area contributed by atoms with Crippen LogP contribution in [0.25, 0.3) is 5.95 Å². The maximum Gasteiger partial charge on any atom is 0.316 e. The normalized spacial score (nSPS) is 10.4. The highest BCUT2D eigenvalue weighted by Crippen LogP contribution is 2.15. The van der Waals surface area contributed by atoms with Gasteiger partial charge in [0.1, 0.15) is 6.33 Å². The second-order valence-corrected chi connectivity index (χ2v) is 4.28. The minimum Gasteiger partial charge on any atom is -0.465 e. The van der Waals surface area contributed by atoms with Gasteiger partial charge < -0.3 is 10.5 Å². The van der Waals surface area contributed by atoms with Crippen LogP contribution in [0.15, 0.2) is 23.9 Å². The molecule has 2 heterocycles. The predicted molar refractivity (Wildman–Crippen MR) is 68.7 cm³/mol. The van der Waals surface area contributed by atoms with Gasteiger partial charge in [-0.25, -0.2) is 4.98 Å². The zero-order chi connectivity index (χ0) is 13.7. The summed E-state index contributed by atoms with van der Waals surface area (Å²) >= 11 is 1.14. The highest BCUT2D eigenvalue weighted by atomic mass is 32.2. The Bertz CT molecular complexity index is 559. The van der Waals surface area contributed by atoms with Crippen LogP contribution >= 0.6 is 11.8 Å². The zero-order valence-electron chi connectivity index (χ0n) is 10.2. The van der Waals surface area contributed by atoms with E-state index in [4.69, 9.17) is 10.5 Å². The van der Waals surface area contributed by atoms with Crippen LogP contribution in [-0.4, -0.2) is 42.8 Å². The van der Waals surface area contributed by atoms with Gasteiger partial charge in [0, 0.05) is 12.4 Å². The number of nitrogen functional groups attached to an aromatic ring is 1. The van der Waals surface area contributed by atoms with Crippen molar-refractivity contribution in [3.05, 3.63) is 18.7 Å². The monoisotopic (exact) mass is 280 g/mol. The Kier molecular flexibility index (Phi) is 4.29. The molecule has 2 aromatic rings. The van der Waals surface area contributed by atoms with Crippen LogP contribution < -0.4 is 5.73 Å². The molecule has 9 heteroatoms. The summed E-state index contributed by atoms with van der Waals surface area (Å²) in [7, 11) is 0. The number of anilines is 1. The maximum absolute atomic E-state index is 11.3. The van der Waals surface area contributed by atoms with Crippen molar-refractivity contribution < 1.29 is 9.53 Å². The van der Waals surface area contributed by atoms with Crippen LogP contribution in [-0.2, 0) is 9.53 Å². The van der Waals surface area contributed by atoms with Crippen molar-refractivity contribution in [3.63, 3.8) is 0 Å². The van der Waals surface area contributed by atoms with E-state index in [2.05, 4.69) is 19.9 Å². The number of nitrogens with two attached hydrogens (primary N) is 1. The van der Waals surface area contributed by atoms with Crippen LogP contribution in [0.2, 0.25) is 0 Å². The molecule has 100 valence electrons. The molecule has 0 saturated carbocycles. The molecule has 0 aliphatic rings. The average Bonchev–Trinajstić information content (AvgIpc) is 2.90. The third-order valence-corrected chi connectivity index (χ3v) is 2.80. The van der Waals surface area contributed by atoms with Crippen molar-refractivity contribution >= 4 is 23.7 Å². The molecule has 0 aliphatic heterocycles. The first-order valence-electron chi connectivity index (χ1n) is 5.47. The Balaban J connectivity index is 2.11. The van der Waals surface area contributed by atoms with Gasteiger partial charge in [-0.05, 0) is 6.92 Å². The molecule has 0 amide bonds. The summed E-state index contributed by atoms with van der Waals surface area (Å²) in [5.41, 5.74) is 5.61.